The molecule has 1 rings (SSSR count). The third kappa shape index (κ3) is 4.53. The van der Waals surface area contributed by atoms with Crippen LogP contribution in [0.15, 0.2) is 29.2 Å². The lowest BCUT2D eigenvalue weighted by molar-refractivity contribution is -0.140. The molecular formula is C11H12ClNO5S. The predicted molar refractivity (Wildman–Crippen MR) is 68.7 cm³/mol. The van der Waals surface area contributed by atoms with Crippen molar-refractivity contribution in [3.8, 4) is 0 Å². The lowest BCUT2D eigenvalue weighted by Gasteiger charge is -2.09. The summed E-state index contributed by atoms with van der Waals surface area (Å²) in [6.45, 7) is 1.25. The van der Waals surface area contributed by atoms with Crippen molar-refractivity contribution in [3.05, 3.63) is 29.3 Å². The highest BCUT2D eigenvalue weighted by Crippen LogP contribution is 2.15. The van der Waals surface area contributed by atoms with E-state index in [-0.39, 0.29) is 4.90 Å². The third-order valence-electron chi connectivity index (χ3n) is 2.24. The van der Waals surface area contributed by atoms with Crippen LogP contribution in [0.1, 0.15) is 6.92 Å². The van der Waals surface area contributed by atoms with Crippen LogP contribution in [0.5, 0.6) is 0 Å². The molecule has 0 unspecified atom stereocenters. The fourth-order valence-electron chi connectivity index (χ4n) is 1.24. The zero-order valence-corrected chi connectivity index (χ0v) is 11.5. The van der Waals surface area contributed by atoms with Crippen LogP contribution in [0.2, 0.25) is 5.02 Å². The number of carboxylic acids is 1. The molecule has 0 aromatic heterocycles. The van der Waals surface area contributed by atoms with Crippen LogP contribution in [-0.2, 0) is 19.4 Å². The lowest BCUT2D eigenvalue weighted by Crippen LogP contribution is -2.41. The van der Waals surface area contributed by atoms with Gasteiger partial charge >= 0.3 is 5.97 Å². The molecule has 1 amide bonds. The van der Waals surface area contributed by atoms with E-state index in [1.807, 2.05) is 0 Å². The normalized spacial score (nSPS) is 12.7. The number of benzene rings is 1. The summed E-state index contributed by atoms with van der Waals surface area (Å²) >= 11 is 5.63. The second kappa shape index (κ2) is 6.03. The molecule has 1 aromatic rings. The van der Waals surface area contributed by atoms with Crippen LogP contribution in [0, 0.1) is 0 Å². The maximum atomic E-state index is 11.9. The molecule has 0 bridgehead atoms. The molecule has 1 atom stereocenters. The molecule has 0 heterocycles. The second-order valence-corrected chi connectivity index (χ2v) is 6.27. The van der Waals surface area contributed by atoms with Crippen molar-refractivity contribution in [2.75, 3.05) is 5.75 Å². The van der Waals surface area contributed by atoms with E-state index in [2.05, 4.69) is 5.32 Å². The SMILES string of the molecule is C[C@H](NC(=O)CS(=O)(=O)c1ccc(Cl)cc1)C(=O)O. The van der Waals surface area contributed by atoms with Crippen LogP contribution < -0.4 is 5.32 Å². The highest BCUT2D eigenvalue weighted by molar-refractivity contribution is 7.92. The first-order chi connectivity index (χ1) is 8.72. The Labute approximate surface area is 115 Å². The van der Waals surface area contributed by atoms with E-state index in [4.69, 9.17) is 16.7 Å². The first-order valence-corrected chi connectivity index (χ1v) is 7.26. The van der Waals surface area contributed by atoms with Gasteiger partial charge in [0.25, 0.3) is 0 Å². The molecule has 0 aliphatic rings. The van der Waals surface area contributed by atoms with Crippen molar-refractivity contribution in [1.29, 1.82) is 0 Å². The third-order valence-corrected chi connectivity index (χ3v) is 4.13. The highest BCUT2D eigenvalue weighted by Gasteiger charge is 2.22. The van der Waals surface area contributed by atoms with Gasteiger partial charge in [-0.3, -0.25) is 9.59 Å². The van der Waals surface area contributed by atoms with Crippen molar-refractivity contribution in [3.63, 3.8) is 0 Å². The number of rotatable bonds is 5. The average Bonchev–Trinajstić information content (AvgIpc) is 2.28. The number of carboxylic acid groups (broad SMARTS) is 1. The van der Waals surface area contributed by atoms with Crippen LogP contribution in [0.3, 0.4) is 0 Å². The standard InChI is InChI=1S/C11H12ClNO5S/c1-7(11(15)16)13-10(14)6-19(17,18)9-4-2-8(12)3-5-9/h2-5,7H,6H2,1H3,(H,13,14)(H,15,16)/t7-/m0/s1. The van der Waals surface area contributed by atoms with E-state index in [1.54, 1.807) is 0 Å². The maximum Gasteiger partial charge on any atom is 0.325 e. The summed E-state index contributed by atoms with van der Waals surface area (Å²) < 4.78 is 23.7. The number of carbonyl (C=O) groups is 2. The Balaban J connectivity index is 2.77. The number of sulfone groups is 1. The summed E-state index contributed by atoms with van der Waals surface area (Å²) in [5, 5.41) is 11.0. The van der Waals surface area contributed by atoms with Gasteiger partial charge in [-0.2, -0.15) is 0 Å². The molecule has 2 N–H and O–H groups in total. The van der Waals surface area contributed by atoms with E-state index in [1.165, 1.54) is 31.2 Å². The van der Waals surface area contributed by atoms with E-state index in [0.29, 0.717) is 5.02 Å². The van der Waals surface area contributed by atoms with Crippen LogP contribution in [-0.4, -0.2) is 37.2 Å². The van der Waals surface area contributed by atoms with Gasteiger partial charge in [0.05, 0.1) is 4.90 Å². The van der Waals surface area contributed by atoms with Crippen molar-refractivity contribution in [2.45, 2.75) is 17.9 Å². The Morgan fingerprint density at radius 1 is 1.32 bits per heavy atom. The summed E-state index contributed by atoms with van der Waals surface area (Å²) in [7, 11) is -3.81. The molecule has 8 heteroatoms. The Morgan fingerprint density at radius 3 is 2.32 bits per heavy atom. The summed E-state index contributed by atoms with van der Waals surface area (Å²) in [6, 6.07) is 4.21. The van der Waals surface area contributed by atoms with Gasteiger partial charge in [-0.1, -0.05) is 11.6 Å². The smallest absolute Gasteiger partial charge is 0.325 e. The van der Waals surface area contributed by atoms with Crippen molar-refractivity contribution < 1.29 is 23.1 Å². The molecule has 1 aromatic carbocycles. The van der Waals surface area contributed by atoms with Gasteiger partial charge in [-0.15, -0.1) is 0 Å². The van der Waals surface area contributed by atoms with E-state index in [9.17, 15) is 18.0 Å². The van der Waals surface area contributed by atoms with Gasteiger partial charge in [0.15, 0.2) is 9.84 Å². The van der Waals surface area contributed by atoms with Crippen molar-refractivity contribution >= 4 is 33.3 Å². The molecule has 0 saturated heterocycles. The maximum absolute atomic E-state index is 11.9. The predicted octanol–water partition coefficient (Wildman–Crippen LogP) is 0.703. The quantitative estimate of drug-likeness (QED) is 0.834. The summed E-state index contributed by atoms with van der Waals surface area (Å²) in [5.41, 5.74) is 0. The molecule has 6 nitrogen and oxygen atoms in total. The molecule has 19 heavy (non-hydrogen) atoms. The fraction of sp³-hybridized carbons (Fsp3) is 0.273. The van der Waals surface area contributed by atoms with Crippen LogP contribution >= 0.6 is 11.6 Å². The van der Waals surface area contributed by atoms with E-state index in [0.717, 1.165) is 0 Å². The molecule has 0 fully saturated rings. The highest BCUT2D eigenvalue weighted by atomic mass is 35.5. The average molecular weight is 306 g/mol. The second-order valence-electron chi connectivity index (χ2n) is 3.84. The minimum absolute atomic E-state index is 0.0463. The molecule has 0 spiro atoms. The molecular weight excluding hydrogens is 294 g/mol. The Kier molecular flexibility index (Phi) is 4.90. The van der Waals surface area contributed by atoms with Gasteiger partial charge in [-0.05, 0) is 31.2 Å². The number of aliphatic carboxylic acids is 1. The number of hydrogen-bond donors (Lipinski definition) is 2. The molecule has 0 saturated carbocycles. The molecule has 0 aliphatic heterocycles. The largest absolute Gasteiger partial charge is 0.480 e. The van der Waals surface area contributed by atoms with Crippen molar-refractivity contribution in [1.82, 2.24) is 5.32 Å². The number of halogens is 1. The number of nitrogens with one attached hydrogen (secondary N) is 1. The van der Waals surface area contributed by atoms with Crippen molar-refractivity contribution in [2.24, 2.45) is 0 Å². The van der Waals surface area contributed by atoms with Crippen LogP contribution in [0.25, 0.3) is 0 Å². The first-order valence-electron chi connectivity index (χ1n) is 5.23. The lowest BCUT2D eigenvalue weighted by atomic mass is 10.3. The number of hydrogen-bond acceptors (Lipinski definition) is 4. The molecule has 104 valence electrons. The summed E-state index contributed by atoms with van der Waals surface area (Å²) in [4.78, 5) is 21.9. The topological polar surface area (TPSA) is 101 Å². The van der Waals surface area contributed by atoms with Gasteiger partial charge in [0.1, 0.15) is 11.8 Å². The van der Waals surface area contributed by atoms with Crippen LogP contribution in [0.4, 0.5) is 0 Å². The first kappa shape index (κ1) is 15.5. The van der Waals surface area contributed by atoms with E-state index >= 15 is 0 Å². The molecule has 0 aliphatic carbocycles. The summed E-state index contributed by atoms with van der Waals surface area (Å²) in [5.74, 6) is -2.92. The van der Waals surface area contributed by atoms with Gasteiger partial charge in [0, 0.05) is 5.02 Å². The fourth-order valence-corrected chi connectivity index (χ4v) is 2.51. The Morgan fingerprint density at radius 2 is 1.84 bits per heavy atom. The van der Waals surface area contributed by atoms with Gasteiger partial charge in [-0.25, -0.2) is 8.42 Å². The Hall–Kier alpha value is -1.60. The summed E-state index contributed by atoms with van der Waals surface area (Å²) in [6.07, 6.45) is 0. The van der Waals surface area contributed by atoms with Gasteiger partial charge < -0.3 is 10.4 Å². The van der Waals surface area contributed by atoms with Gasteiger partial charge in [0.2, 0.25) is 5.91 Å². The van der Waals surface area contributed by atoms with E-state index < -0.39 is 33.5 Å². The monoisotopic (exact) mass is 305 g/mol. The Bertz CT molecular complexity index is 582. The minimum atomic E-state index is -3.81. The minimum Gasteiger partial charge on any atom is -0.480 e. The zero-order valence-electron chi connectivity index (χ0n) is 9.96. The number of amides is 1. The molecule has 0 radical (unpaired) electrons. The zero-order chi connectivity index (χ0) is 14.6. The number of carbonyl (C=O) groups excluding carboxylic acids is 1.